The van der Waals surface area contributed by atoms with E-state index in [4.69, 9.17) is 11.6 Å². The molecule has 0 amide bonds. The first-order chi connectivity index (χ1) is 11.7. The van der Waals surface area contributed by atoms with Crippen molar-refractivity contribution in [1.82, 2.24) is 4.98 Å². The number of aromatic nitrogens is 1. The molecule has 0 saturated carbocycles. The average Bonchev–Trinajstić information content (AvgIpc) is 2.56. The molecule has 0 radical (unpaired) electrons. The van der Waals surface area contributed by atoms with Crippen molar-refractivity contribution in [2.45, 2.75) is 13.1 Å². The first-order valence-electron chi connectivity index (χ1n) is 7.19. The van der Waals surface area contributed by atoms with Gasteiger partial charge in [0.15, 0.2) is 0 Å². The SMILES string of the molecule is Cc1ccc(Cl)c2c(C(=O)O)cc(-c3cccc(C(F)(F)F)c3)nc12. The average molecular weight is 366 g/mol. The molecule has 7 heteroatoms. The highest BCUT2D eigenvalue weighted by atomic mass is 35.5. The number of hydrogen-bond acceptors (Lipinski definition) is 2. The molecule has 1 N–H and O–H groups in total. The zero-order valence-corrected chi connectivity index (χ0v) is 13.6. The van der Waals surface area contributed by atoms with E-state index >= 15 is 0 Å². The van der Waals surface area contributed by atoms with Gasteiger partial charge in [0, 0.05) is 10.9 Å². The van der Waals surface area contributed by atoms with E-state index in [0.29, 0.717) is 11.1 Å². The van der Waals surface area contributed by atoms with Gasteiger partial charge in [-0.1, -0.05) is 29.8 Å². The molecule has 128 valence electrons. The molecule has 0 spiro atoms. The van der Waals surface area contributed by atoms with Crippen LogP contribution in [0.1, 0.15) is 21.5 Å². The van der Waals surface area contributed by atoms with Crippen LogP contribution in [0.4, 0.5) is 13.2 Å². The van der Waals surface area contributed by atoms with Crippen LogP contribution in [-0.4, -0.2) is 16.1 Å². The molecule has 0 aliphatic rings. The van der Waals surface area contributed by atoms with Crippen molar-refractivity contribution in [2.75, 3.05) is 0 Å². The van der Waals surface area contributed by atoms with Gasteiger partial charge >= 0.3 is 12.1 Å². The van der Waals surface area contributed by atoms with E-state index in [1.165, 1.54) is 18.2 Å². The van der Waals surface area contributed by atoms with Crippen molar-refractivity contribution in [3.05, 3.63) is 64.2 Å². The number of carbonyl (C=O) groups is 1. The lowest BCUT2D eigenvalue weighted by Gasteiger charge is -2.12. The number of nitrogens with zero attached hydrogens (tertiary/aromatic N) is 1. The largest absolute Gasteiger partial charge is 0.478 e. The Balaban J connectivity index is 2.32. The fraction of sp³-hybridized carbons (Fsp3) is 0.111. The van der Waals surface area contributed by atoms with E-state index in [9.17, 15) is 23.1 Å². The van der Waals surface area contributed by atoms with Crippen molar-refractivity contribution in [3.63, 3.8) is 0 Å². The molecule has 0 aliphatic heterocycles. The summed E-state index contributed by atoms with van der Waals surface area (Å²) in [7, 11) is 0. The second kappa shape index (κ2) is 6.04. The van der Waals surface area contributed by atoms with Crippen molar-refractivity contribution >= 4 is 28.5 Å². The number of aryl methyl sites for hydroxylation is 1. The summed E-state index contributed by atoms with van der Waals surface area (Å²) in [4.78, 5) is 16.0. The fourth-order valence-electron chi connectivity index (χ4n) is 2.60. The smallest absolute Gasteiger partial charge is 0.416 e. The number of alkyl halides is 3. The zero-order valence-electron chi connectivity index (χ0n) is 12.9. The summed E-state index contributed by atoms with van der Waals surface area (Å²) in [5.74, 6) is -1.23. The highest BCUT2D eigenvalue weighted by Crippen LogP contribution is 2.34. The van der Waals surface area contributed by atoms with E-state index in [1.54, 1.807) is 19.1 Å². The quantitative estimate of drug-likeness (QED) is 0.645. The summed E-state index contributed by atoms with van der Waals surface area (Å²) < 4.78 is 38.8. The van der Waals surface area contributed by atoms with Crippen LogP contribution in [0.5, 0.6) is 0 Å². The molecule has 0 saturated heterocycles. The highest BCUT2D eigenvalue weighted by molar-refractivity contribution is 6.36. The predicted octanol–water partition coefficient (Wildman–Crippen LogP) is 5.58. The summed E-state index contributed by atoms with van der Waals surface area (Å²) in [6.45, 7) is 1.73. The molecular weight excluding hydrogens is 355 g/mol. The van der Waals surface area contributed by atoms with Crippen molar-refractivity contribution in [2.24, 2.45) is 0 Å². The van der Waals surface area contributed by atoms with Crippen LogP contribution in [0.3, 0.4) is 0 Å². The maximum Gasteiger partial charge on any atom is 0.416 e. The first-order valence-corrected chi connectivity index (χ1v) is 7.57. The molecule has 0 unspecified atom stereocenters. The molecule has 0 fully saturated rings. The van der Waals surface area contributed by atoms with E-state index in [0.717, 1.165) is 12.1 Å². The molecule has 0 bridgehead atoms. The Morgan fingerprint density at radius 1 is 1.16 bits per heavy atom. The Bertz CT molecular complexity index is 1000. The van der Waals surface area contributed by atoms with E-state index in [2.05, 4.69) is 4.98 Å². The van der Waals surface area contributed by atoms with Crippen molar-refractivity contribution in [3.8, 4) is 11.3 Å². The lowest BCUT2D eigenvalue weighted by molar-refractivity contribution is -0.137. The number of halogens is 4. The summed E-state index contributed by atoms with van der Waals surface area (Å²) >= 11 is 6.11. The minimum Gasteiger partial charge on any atom is -0.478 e. The van der Waals surface area contributed by atoms with Crippen LogP contribution in [0.2, 0.25) is 5.02 Å². The monoisotopic (exact) mass is 365 g/mol. The van der Waals surface area contributed by atoms with Gasteiger partial charge in [0.2, 0.25) is 0 Å². The van der Waals surface area contributed by atoms with Crippen LogP contribution < -0.4 is 0 Å². The highest BCUT2D eigenvalue weighted by Gasteiger charge is 2.30. The minimum atomic E-state index is -4.50. The number of aromatic carboxylic acids is 1. The maximum atomic E-state index is 12.9. The Kier molecular flexibility index (Phi) is 4.16. The standard InChI is InChI=1S/C18H11ClF3NO2/c1-9-5-6-13(19)15-12(17(24)25)8-14(23-16(9)15)10-3-2-4-11(7-10)18(20,21)22/h2-8H,1H3,(H,24,25). The zero-order chi connectivity index (χ0) is 18.4. The third-order valence-electron chi connectivity index (χ3n) is 3.83. The number of carboxylic acids is 1. The van der Waals surface area contributed by atoms with Crippen LogP contribution in [0.15, 0.2) is 42.5 Å². The van der Waals surface area contributed by atoms with Crippen LogP contribution in [0, 0.1) is 6.92 Å². The van der Waals surface area contributed by atoms with Gasteiger partial charge in [-0.05, 0) is 36.8 Å². The van der Waals surface area contributed by atoms with Gasteiger partial charge in [0.05, 0.1) is 27.4 Å². The Morgan fingerprint density at radius 2 is 1.88 bits per heavy atom. The number of pyridine rings is 1. The molecule has 2 aromatic carbocycles. The lowest BCUT2D eigenvalue weighted by Crippen LogP contribution is -2.05. The van der Waals surface area contributed by atoms with Gasteiger partial charge in [0.25, 0.3) is 0 Å². The number of fused-ring (bicyclic) bond motifs is 1. The second-order valence-corrected chi connectivity index (χ2v) is 5.93. The molecular formula is C18H11ClF3NO2. The molecule has 25 heavy (non-hydrogen) atoms. The van der Waals surface area contributed by atoms with E-state index < -0.39 is 17.7 Å². The summed E-state index contributed by atoms with van der Waals surface area (Å²) in [6, 6.07) is 9.09. The van der Waals surface area contributed by atoms with Gasteiger partial charge in [-0.2, -0.15) is 13.2 Å². The minimum absolute atomic E-state index is 0.105. The van der Waals surface area contributed by atoms with Crippen molar-refractivity contribution in [1.29, 1.82) is 0 Å². The fourth-order valence-corrected chi connectivity index (χ4v) is 2.86. The summed E-state index contributed by atoms with van der Waals surface area (Å²) in [5.41, 5.74) is 0.410. The van der Waals surface area contributed by atoms with Gasteiger partial charge < -0.3 is 5.11 Å². The number of hydrogen-bond donors (Lipinski definition) is 1. The van der Waals surface area contributed by atoms with Crippen LogP contribution >= 0.6 is 11.6 Å². The molecule has 1 aromatic heterocycles. The van der Waals surface area contributed by atoms with Crippen LogP contribution in [0.25, 0.3) is 22.2 Å². The van der Waals surface area contributed by atoms with Crippen LogP contribution in [-0.2, 0) is 6.18 Å². The topological polar surface area (TPSA) is 50.2 Å². The normalized spacial score (nSPS) is 11.7. The number of carboxylic acid groups (broad SMARTS) is 1. The second-order valence-electron chi connectivity index (χ2n) is 5.53. The third kappa shape index (κ3) is 3.17. The molecule has 3 aromatic rings. The Hall–Kier alpha value is -2.60. The van der Waals surface area contributed by atoms with E-state index in [1.807, 2.05) is 0 Å². The van der Waals surface area contributed by atoms with E-state index in [-0.39, 0.29) is 27.2 Å². The maximum absolute atomic E-state index is 12.9. The van der Waals surface area contributed by atoms with Gasteiger partial charge in [-0.15, -0.1) is 0 Å². The number of benzene rings is 2. The summed E-state index contributed by atoms with van der Waals surface area (Å²) in [6.07, 6.45) is -4.50. The first kappa shape index (κ1) is 17.2. The Labute approximate surface area is 145 Å². The van der Waals surface area contributed by atoms with Gasteiger partial charge in [-0.25, -0.2) is 9.78 Å². The van der Waals surface area contributed by atoms with Crippen molar-refractivity contribution < 1.29 is 23.1 Å². The molecule has 3 nitrogen and oxygen atoms in total. The molecule has 0 atom stereocenters. The predicted molar refractivity (Wildman–Crippen MR) is 88.9 cm³/mol. The van der Waals surface area contributed by atoms with Gasteiger partial charge in [0.1, 0.15) is 0 Å². The number of rotatable bonds is 2. The molecule has 0 aliphatic carbocycles. The molecule has 1 heterocycles. The third-order valence-corrected chi connectivity index (χ3v) is 4.14. The Morgan fingerprint density at radius 3 is 2.52 bits per heavy atom. The van der Waals surface area contributed by atoms with Gasteiger partial charge in [-0.3, -0.25) is 0 Å². The summed E-state index contributed by atoms with van der Waals surface area (Å²) in [5, 5.41) is 9.98. The molecule has 3 rings (SSSR count). The lowest BCUT2D eigenvalue weighted by atomic mass is 10.0.